The van der Waals surface area contributed by atoms with E-state index >= 15 is 0 Å². The molecule has 15 heteroatoms. The number of rotatable bonds is 36. The van der Waals surface area contributed by atoms with Gasteiger partial charge in [0, 0.05) is 12.8 Å². The molecule has 0 aromatic heterocycles. The third-order valence-electron chi connectivity index (χ3n) is 12.0. The summed E-state index contributed by atoms with van der Waals surface area (Å²) in [5.74, 6) is 0.118. The molecule has 0 spiro atoms. The highest BCUT2D eigenvalue weighted by Crippen LogP contribution is 2.25. The van der Waals surface area contributed by atoms with Crippen LogP contribution in [-0.4, -0.2) is 93.8 Å². The first-order chi connectivity index (χ1) is 31.4. The molecule has 0 unspecified atom stereocenters. The topological polar surface area (TPSA) is 193 Å². The number of unbranched alkanes of at least 4 members (excludes halogenated alkanes) is 16. The summed E-state index contributed by atoms with van der Waals surface area (Å²) >= 11 is 0. The maximum Gasteiger partial charge on any atom is 0.397 e. The third-order valence-corrected chi connectivity index (χ3v) is 12.4. The van der Waals surface area contributed by atoms with Gasteiger partial charge in [-0.1, -0.05) is 121 Å². The Morgan fingerprint density at radius 2 is 1.15 bits per heavy atom. The van der Waals surface area contributed by atoms with Crippen molar-refractivity contribution in [2.75, 3.05) is 27.4 Å². The highest BCUT2D eigenvalue weighted by molar-refractivity contribution is 7.80. The van der Waals surface area contributed by atoms with E-state index in [4.69, 9.17) is 27.9 Å². The number of carbonyl (C=O) groups excluding carboxylic acids is 3. The molecule has 0 aliphatic carbocycles. The molecule has 0 radical (unpaired) electrons. The average Bonchev–Trinajstić information content (AvgIpc) is 3.28. The average molecular weight is 934 g/mol. The normalized spacial score (nSPS) is 17.9. The highest BCUT2D eigenvalue weighted by atomic mass is 32.3. The monoisotopic (exact) mass is 934 g/mol. The molecule has 1 aliphatic heterocycles. The van der Waals surface area contributed by atoms with Crippen molar-refractivity contribution in [1.82, 2.24) is 5.32 Å². The Balaban J connectivity index is 1.53. The maximum atomic E-state index is 13.7. The molecule has 2 aromatic carbocycles. The number of esters is 2. The van der Waals surface area contributed by atoms with Crippen LogP contribution in [0.2, 0.25) is 0 Å². The number of aryl methyl sites for hydroxylation is 2. The van der Waals surface area contributed by atoms with Gasteiger partial charge in [-0.3, -0.25) is 18.9 Å². The number of ether oxygens (including phenoxy) is 5. The number of benzene rings is 2. The molecule has 5 atom stereocenters. The number of amides is 1. The van der Waals surface area contributed by atoms with Crippen LogP contribution in [0, 0.1) is 0 Å². The van der Waals surface area contributed by atoms with E-state index in [0.717, 1.165) is 101 Å². The molecular formula is C50H79NO13S. The summed E-state index contributed by atoms with van der Waals surface area (Å²) in [7, 11) is -1.80. The van der Waals surface area contributed by atoms with Crippen molar-refractivity contribution in [1.29, 1.82) is 0 Å². The van der Waals surface area contributed by atoms with Crippen LogP contribution in [0.4, 0.5) is 0 Å². The summed E-state index contributed by atoms with van der Waals surface area (Å²) in [6.07, 6.45) is 16.3. The lowest BCUT2D eigenvalue weighted by atomic mass is 9.97. The molecule has 0 bridgehead atoms. The summed E-state index contributed by atoms with van der Waals surface area (Å²) in [6.45, 7) is 1.26. The van der Waals surface area contributed by atoms with E-state index in [9.17, 15) is 32.5 Å². The molecule has 1 aliphatic rings. The van der Waals surface area contributed by atoms with Crippen LogP contribution in [0.3, 0.4) is 0 Å². The molecule has 1 heterocycles. The fourth-order valence-corrected chi connectivity index (χ4v) is 8.71. The number of methoxy groups -OCH3 is 2. The molecule has 14 nitrogen and oxygen atoms in total. The van der Waals surface area contributed by atoms with Crippen molar-refractivity contribution < 1.29 is 60.3 Å². The molecule has 3 N–H and O–H groups in total. The summed E-state index contributed by atoms with van der Waals surface area (Å²) in [5, 5.41) is 12.8. The zero-order valence-electron chi connectivity index (χ0n) is 39.4. The minimum atomic E-state index is -5.09. The van der Waals surface area contributed by atoms with Crippen molar-refractivity contribution in [3.05, 3.63) is 59.7 Å². The lowest BCUT2D eigenvalue weighted by molar-refractivity contribution is -0.186. The van der Waals surface area contributed by atoms with Crippen molar-refractivity contribution in [3.63, 3.8) is 0 Å². The highest BCUT2D eigenvalue weighted by Gasteiger charge is 2.46. The Labute approximate surface area is 389 Å². The Hall–Kier alpha value is -3.76. The van der Waals surface area contributed by atoms with Gasteiger partial charge in [0.25, 0.3) is 0 Å². The lowest BCUT2D eigenvalue weighted by Gasteiger charge is -2.40. The molecular weight excluding hydrogens is 855 g/mol. The van der Waals surface area contributed by atoms with Gasteiger partial charge >= 0.3 is 22.3 Å². The largest absolute Gasteiger partial charge is 0.497 e. The maximum absolute atomic E-state index is 13.7. The molecule has 1 amide bonds. The van der Waals surface area contributed by atoms with Crippen LogP contribution in [-0.2, 0) is 56.0 Å². The second-order valence-electron chi connectivity index (χ2n) is 17.3. The minimum absolute atomic E-state index is 0.0271. The van der Waals surface area contributed by atoms with Gasteiger partial charge < -0.3 is 34.1 Å². The Kier molecular flexibility index (Phi) is 28.1. The lowest BCUT2D eigenvalue weighted by Crippen LogP contribution is -2.62. The van der Waals surface area contributed by atoms with Gasteiger partial charge in [-0.25, -0.2) is 4.18 Å². The first-order valence-corrected chi connectivity index (χ1v) is 25.6. The first-order valence-electron chi connectivity index (χ1n) is 24.3. The van der Waals surface area contributed by atoms with E-state index in [2.05, 4.69) is 24.4 Å². The van der Waals surface area contributed by atoms with Gasteiger partial charge in [-0.2, -0.15) is 8.42 Å². The van der Waals surface area contributed by atoms with Crippen LogP contribution in [0.15, 0.2) is 48.5 Å². The van der Waals surface area contributed by atoms with E-state index in [1.165, 1.54) is 43.2 Å². The fraction of sp³-hybridized carbons (Fsp3) is 0.700. The Morgan fingerprint density at radius 1 is 0.677 bits per heavy atom. The fourth-order valence-electron chi connectivity index (χ4n) is 8.20. The van der Waals surface area contributed by atoms with Gasteiger partial charge in [0.05, 0.1) is 39.9 Å². The summed E-state index contributed by atoms with van der Waals surface area (Å²) in [5.41, 5.74) is 2.49. The SMILES string of the molecule is CCCCCCCCCCC[C@H](CC(=O)N[C@H]1CO[C@H](CO)[C@@H](OS(=O)(=O)O)[C@@H]1OC(=O)CCCCCCCc1ccc(OC)cc1)OC(=O)CCCCCCCc1ccc(OC)cc1. The summed E-state index contributed by atoms with van der Waals surface area (Å²) in [4.78, 5) is 40.0. The molecule has 1 saturated heterocycles. The van der Waals surface area contributed by atoms with Gasteiger partial charge in [-0.05, 0) is 86.8 Å². The molecule has 3 rings (SSSR count). The van der Waals surface area contributed by atoms with Gasteiger partial charge in [0.15, 0.2) is 6.10 Å². The molecule has 0 saturated carbocycles. The predicted octanol–water partition coefficient (Wildman–Crippen LogP) is 9.37. The molecule has 2 aromatic rings. The molecule has 65 heavy (non-hydrogen) atoms. The summed E-state index contributed by atoms with van der Waals surface area (Å²) in [6, 6.07) is 15.0. The Morgan fingerprint density at radius 3 is 1.65 bits per heavy atom. The van der Waals surface area contributed by atoms with Crippen LogP contribution < -0.4 is 14.8 Å². The summed E-state index contributed by atoms with van der Waals surface area (Å²) < 4.78 is 66.2. The Bertz CT molecular complexity index is 1710. The van der Waals surface area contributed by atoms with Gasteiger partial charge in [0.1, 0.15) is 29.8 Å². The smallest absolute Gasteiger partial charge is 0.397 e. The van der Waals surface area contributed by atoms with E-state index < -0.39 is 59.3 Å². The zero-order chi connectivity index (χ0) is 47.1. The number of aliphatic hydroxyl groups is 1. The van der Waals surface area contributed by atoms with Crippen LogP contribution in [0.1, 0.15) is 166 Å². The number of carbonyl (C=O) groups is 3. The van der Waals surface area contributed by atoms with E-state index in [1.54, 1.807) is 14.2 Å². The number of aliphatic hydroxyl groups excluding tert-OH is 1. The van der Waals surface area contributed by atoms with E-state index in [0.29, 0.717) is 19.3 Å². The van der Waals surface area contributed by atoms with Crippen molar-refractivity contribution in [2.45, 2.75) is 198 Å². The van der Waals surface area contributed by atoms with Crippen LogP contribution in [0.25, 0.3) is 0 Å². The number of nitrogens with one attached hydrogen (secondary N) is 1. The predicted molar refractivity (Wildman–Crippen MR) is 250 cm³/mol. The second-order valence-corrected chi connectivity index (χ2v) is 18.4. The van der Waals surface area contributed by atoms with Crippen molar-refractivity contribution >= 4 is 28.2 Å². The molecule has 1 fully saturated rings. The van der Waals surface area contributed by atoms with Crippen LogP contribution in [0.5, 0.6) is 11.5 Å². The molecule has 368 valence electrons. The van der Waals surface area contributed by atoms with E-state index in [1.807, 2.05) is 36.4 Å². The number of hydrogen-bond acceptors (Lipinski definition) is 12. The number of hydrogen-bond donors (Lipinski definition) is 3. The second kappa shape index (κ2) is 32.8. The van der Waals surface area contributed by atoms with E-state index in [-0.39, 0.29) is 31.8 Å². The zero-order valence-corrected chi connectivity index (χ0v) is 40.2. The van der Waals surface area contributed by atoms with Crippen molar-refractivity contribution in [3.8, 4) is 11.5 Å². The third kappa shape index (κ3) is 24.5. The minimum Gasteiger partial charge on any atom is -0.497 e. The first kappa shape index (κ1) is 55.6. The standard InChI is InChI=1S/C50H79NO13S/c1-4-5-6-7-8-9-10-15-20-25-43(62-47(54)26-21-16-11-13-18-23-39-28-32-41(59-2)33-29-39)36-46(53)51-44-38-61-45(37-52)50(64-65(56,57)58)49(44)63-48(55)27-22-17-12-14-19-24-40-30-34-42(60-3)35-31-40/h28-35,43-45,49-50,52H,4-27,36-38H2,1-3H3,(H,51,53)(H,56,57,58)/t43-,44+,45-,49-,50-/m1/s1. The van der Waals surface area contributed by atoms with Crippen molar-refractivity contribution in [2.24, 2.45) is 0 Å². The van der Waals surface area contributed by atoms with Crippen LogP contribution >= 0.6 is 0 Å². The van der Waals surface area contributed by atoms with Gasteiger partial charge in [0.2, 0.25) is 5.91 Å². The van der Waals surface area contributed by atoms with Gasteiger partial charge in [-0.15, -0.1) is 0 Å². The quantitative estimate of drug-likeness (QED) is 0.0333.